The largest absolute Gasteiger partial charge is 0.496 e. The van der Waals surface area contributed by atoms with Gasteiger partial charge in [0.2, 0.25) is 0 Å². The maximum Gasteiger partial charge on any atom is 0.191 e. The molecule has 0 aliphatic heterocycles. The van der Waals surface area contributed by atoms with E-state index in [1.54, 1.807) is 14.2 Å². The Morgan fingerprint density at radius 1 is 1.44 bits per heavy atom. The van der Waals surface area contributed by atoms with E-state index in [-0.39, 0.29) is 0 Å². The Labute approximate surface area is 161 Å². The molecule has 2 N–H and O–H groups in total. The second kappa shape index (κ2) is 10.2. The lowest BCUT2D eigenvalue weighted by Gasteiger charge is -2.30. The van der Waals surface area contributed by atoms with E-state index < -0.39 is 10.8 Å². The number of hydrogen-bond acceptors (Lipinski definition) is 3. The van der Waals surface area contributed by atoms with E-state index in [2.05, 4.69) is 31.6 Å². The second-order valence-corrected chi connectivity index (χ2v) is 9.05. The molecule has 1 aromatic carbocycles. The van der Waals surface area contributed by atoms with Crippen LogP contribution in [0.15, 0.2) is 27.7 Å². The Balaban J connectivity index is 1.88. The van der Waals surface area contributed by atoms with E-state index in [0.717, 1.165) is 53.2 Å². The Kier molecular flexibility index (Phi) is 8.22. The molecule has 3 unspecified atom stereocenters. The van der Waals surface area contributed by atoms with Gasteiger partial charge in [-0.3, -0.25) is 9.20 Å². The first-order valence-corrected chi connectivity index (χ1v) is 10.9. The summed E-state index contributed by atoms with van der Waals surface area (Å²) in [6.45, 7) is 2.68. The highest BCUT2D eigenvalue weighted by atomic mass is 79.9. The fraction of sp³-hybridized carbons (Fsp3) is 0.611. The maximum absolute atomic E-state index is 12.1. The van der Waals surface area contributed by atoms with Crippen LogP contribution in [0.3, 0.4) is 0 Å². The first kappa shape index (κ1) is 20.2. The van der Waals surface area contributed by atoms with E-state index in [1.807, 2.05) is 25.1 Å². The third-order valence-electron chi connectivity index (χ3n) is 4.52. The number of nitrogens with zero attached hydrogens (tertiary/aromatic N) is 1. The first-order valence-electron chi connectivity index (χ1n) is 8.74. The van der Waals surface area contributed by atoms with Gasteiger partial charge in [-0.1, -0.05) is 19.4 Å². The molecule has 7 heteroatoms. The van der Waals surface area contributed by atoms with Crippen LogP contribution in [0, 0.1) is 0 Å². The number of hydrogen-bond donors (Lipinski definition) is 2. The van der Waals surface area contributed by atoms with Crippen LogP contribution in [0.5, 0.6) is 5.75 Å². The standard InChI is InChI=1S/C18H28BrN3O2S/c1-4-25(23)15-7-5-6-14(11-15)22-18(20-2)21-12-13-8-9-17(24-3)16(19)10-13/h8-10,14-15H,4-7,11-12H2,1-3H3,(H2,20,21,22). The van der Waals surface area contributed by atoms with E-state index in [4.69, 9.17) is 4.74 Å². The average molecular weight is 430 g/mol. The molecule has 0 amide bonds. The number of nitrogens with one attached hydrogen (secondary N) is 2. The monoisotopic (exact) mass is 429 g/mol. The van der Waals surface area contributed by atoms with E-state index in [1.165, 1.54) is 0 Å². The smallest absolute Gasteiger partial charge is 0.191 e. The van der Waals surface area contributed by atoms with Gasteiger partial charge in [0.1, 0.15) is 5.75 Å². The van der Waals surface area contributed by atoms with Crippen molar-refractivity contribution in [2.75, 3.05) is 19.9 Å². The molecule has 0 bridgehead atoms. The molecule has 3 atom stereocenters. The molecule has 5 nitrogen and oxygen atoms in total. The van der Waals surface area contributed by atoms with Crippen LogP contribution in [0.25, 0.3) is 0 Å². The van der Waals surface area contributed by atoms with Gasteiger partial charge in [0, 0.05) is 41.4 Å². The van der Waals surface area contributed by atoms with Crippen LogP contribution < -0.4 is 15.4 Å². The van der Waals surface area contributed by atoms with Gasteiger partial charge in [0.25, 0.3) is 0 Å². The molecule has 25 heavy (non-hydrogen) atoms. The summed E-state index contributed by atoms with van der Waals surface area (Å²) < 4.78 is 18.3. The maximum atomic E-state index is 12.1. The molecule has 1 aliphatic carbocycles. The summed E-state index contributed by atoms with van der Waals surface area (Å²) in [6, 6.07) is 6.36. The highest BCUT2D eigenvalue weighted by Crippen LogP contribution is 2.25. The van der Waals surface area contributed by atoms with Crippen LogP contribution in [-0.2, 0) is 17.3 Å². The van der Waals surface area contributed by atoms with Gasteiger partial charge in [-0.25, -0.2) is 0 Å². The number of methoxy groups -OCH3 is 1. The normalized spacial score (nSPS) is 22.3. The molecule has 0 spiro atoms. The SMILES string of the molecule is CCS(=O)C1CCCC(NC(=NC)NCc2ccc(OC)c(Br)c2)C1. The highest BCUT2D eigenvalue weighted by Gasteiger charge is 2.25. The first-order chi connectivity index (χ1) is 12.1. The lowest BCUT2D eigenvalue weighted by Crippen LogP contribution is -2.46. The number of ether oxygens (including phenoxy) is 1. The predicted molar refractivity (Wildman–Crippen MR) is 109 cm³/mol. The van der Waals surface area contributed by atoms with Gasteiger partial charge >= 0.3 is 0 Å². The second-order valence-electron chi connectivity index (χ2n) is 6.19. The lowest BCUT2D eigenvalue weighted by atomic mass is 9.95. The Bertz CT molecular complexity index is 624. The number of benzene rings is 1. The minimum Gasteiger partial charge on any atom is -0.496 e. The fourth-order valence-corrected chi connectivity index (χ4v) is 5.08. The van der Waals surface area contributed by atoms with Crippen LogP contribution in [-0.4, -0.2) is 41.4 Å². The fourth-order valence-electron chi connectivity index (χ4n) is 3.14. The van der Waals surface area contributed by atoms with E-state index in [0.29, 0.717) is 17.8 Å². The zero-order chi connectivity index (χ0) is 18.2. The van der Waals surface area contributed by atoms with Crippen molar-refractivity contribution in [3.63, 3.8) is 0 Å². The van der Waals surface area contributed by atoms with Crippen LogP contribution in [0.2, 0.25) is 0 Å². The van der Waals surface area contributed by atoms with Gasteiger partial charge in [-0.2, -0.15) is 0 Å². The van der Waals surface area contributed by atoms with Crippen molar-refractivity contribution in [3.8, 4) is 5.75 Å². The molecule has 0 saturated heterocycles. The average Bonchev–Trinajstić information content (AvgIpc) is 2.64. The van der Waals surface area contributed by atoms with Gasteiger partial charge < -0.3 is 15.4 Å². The summed E-state index contributed by atoms with van der Waals surface area (Å²) in [7, 11) is 2.73. The van der Waals surface area contributed by atoms with Gasteiger partial charge in [0.05, 0.1) is 11.6 Å². The molecule has 140 valence electrons. The van der Waals surface area contributed by atoms with E-state index >= 15 is 0 Å². The highest BCUT2D eigenvalue weighted by molar-refractivity contribution is 9.10. The van der Waals surface area contributed by atoms with Gasteiger partial charge in [-0.15, -0.1) is 0 Å². The molecular weight excluding hydrogens is 402 g/mol. The summed E-state index contributed by atoms with van der Waals surface area (Å²) in [5.41, 5.74) is 1.14. The van der Waals surface area contributed by atoms with Crippen molar-refractivity contribution in [3.05, 3.63) is 28.2 Å². The molecule has 1 aliphatic rings. The van der Waals surface area contributed by atoms with Crippen molar-refractivity contribution in [2.45, 2.75) is 50.4 Å². The molecule has 0 radical (unpaired) electrons. The van der Waals surface area contributed by atoms with Crippen molar-refractivity contribution in [2.24, 2.45) is 4.99 Å². The molecule has 1 aromatic rings. The van der Waals surface area contributed by atoms with Gasteiger partial charge in [0.15, 0.2) is 5.96 Å². The third kappa shape index (κ3) is 5.99. The molecular formula is C18H28BrN3O2S. The Morgan fingerprint density at radius 3 is 2.88 bits per heavy atom. The minimum atomic E-state index is -0.708. The van der Waals surface area contributed by atoms with Crippen LogP contribution in [0.1, 0.15) is 38.2 Å². The Morgan fingerprint density at radius 2 is 2.24 bits per heavy atom. The van der Waals surface area contributed by atoms with Crippen LogP contribution >= 0.6 is 15.9 Å². The zero-order valence-electron chi connectivity index (χ0n) is 15.2. The molecule has 0 aromatic heterocycles. The quantitative estimate of drug-likeness (QED) is 0.538. The van der Waals surface area contributed by atoms with Crippen molar-refractivity contribution >= 4 is 32.7 Å². The molecule has 1 saturated carbocycles. The van der Waals surface area contributed by atoms with Crippen molar-refractivity contribution in [1.29, 1.82) is 0 Å². The number of rotatable bonds is 6. The summed E-state index contributed by atoms with van der Waals surface area (Å²) >= 11 is 3.51. The number of aliphatic imine (C=N–C) groups is 1. The van der Waals surface area contributed by atoms with Crippen molar-refractivity contribution < 1.29 is 8.95 Å². The lowest BCUT2D eigenvalue weighted by molar-refractivity contribution is 0.411. The number of halogens is 1. The topological polar surface area (TPSA) is 62.7 Å². The predicted octanol–water partition coefficient (Wildman–Crippen LogP) is 3.20. The summed E-state index contributed by atoms with van der Waals surface area (Å²) in [6.07, 6.45) is 4.25. The summed E-state index contributed by atoms with van der Waals surface area (Å²) in [5, 5.41) is 7.16. The molecule has 2 rings (SSSR count). The van der Waals surface area contributed by atoms with E-state index in [9.17, 15) is 4.21 Å². The molecule has 0 heterocycles. The van der Waals surface area contributed by atoms with Crippen molar-refractivity contribution in [1.82, 2.24) is 10.6 Å². The zero-order valence-corrected chi connectivity index (χ0v) is 17.6. The van der Waals surface area contributed by atoms with Crippen LogP contribution in [0.4, 0.5) is 0 Å². The third-order valence-corrected chi connectivity index (χ3v) is 6.88. The molecule has 1 fully saturated rings. The Hall–Kier alpha value is -1.08. The minimum absolute atomic E-state index is 0.312. The number of guanidine groups is 1. The summed E-state index contributed by atoms with van der Waals surface area (Å²) in [5.74, 6) is 2.36. The summed E-state index contributed by atoms with van der Waals surface area (Å²) in [4.78, 5) is 4.33. The van der Waals surface area contributed by atoms with Gasteiger partial charge in [-0.05, 0) is 52.9 Å².